The van der Waals surface area contributed by atoms with Crippen molar-refractivity contribution in [1.29, 1.82) is 0 Å². The van der Waals surface area contributed by atoms with E-state index in [9.17, 15) is 18.3 Å². The van der Waals surface area contributed by atoms with E-state index in [4.69, 9.17) is 4.74 Å². The molecule has 3 atom stereocenters. The van der Waals surface area contributed by atoms with E-state index >= 15 is 0 Å². The van der Waals surface area contributed by atoms with Gasteiger partial charge in [-0.05, 0) is 50.1 Å². The van der Waals surface area contributed by atoms with Gasteiger partial charge in [-0.3, -0.25) is 9.78 Å². The molecule has 0 radical (unpaired) electrons. The summed E-state index contributed by atoms with van der Waals surface area (Å²) in [5.41, 5.74) is 1.00. The summed E-state index contributed by atoms with van der Waals surface area (Å²) in [5, 5.41) is 9.78. The number of amides is 1. The van der Waals surface area contributed by atoms with Crippen LogP contribution in [0.5, 0.6) is 5.75 Å². The van der Waals surface area contributed by atoms with Crippen molar-refractivity contribution in [3.63, 3.8) is 0 Å². The molecule has 2 heterocycles. The van der Waals surface area contributed by atoms with Crippen LogP contribution in [-0.2, 0) is 10.0 Å². The summed E-state index contributed by atoms with van der Waals surface area (Å²) >= 11 is 0. The highest BCUT2D eigenvalue weighted by atomic mass is 32.2. The number of hydrogen-bond acceptors (Lipinski definition) is 6. The third-order valence-electron chi connectivity index (χ3n) is 6.35. The quantitative estimate of drug-likeness (QED) is 0.637. The molecule has 0 saturated heterocycles. The number of carbonyl (C=O) groups excluding carboxylic acids is 1. The molecule has 1 aliphatic heterocycles. The highest BCUT2D eigenvalue weighted by Gasteiger charge is 2.38. The van der Waals surface area contributed by atoms with E-state index < -0.39 is 22.2 Å². The molecule has 2 aliphatic rings. The Labute approximate surface area is 207 Å². The molecular weight excluding hydrogens is 466 g/mol. The Morgan fingerprint density at radius 2 is 2.09 bits per heavy atom. The molecule has 1 aromatic heterocycles. The normalized spacial score (nSPS) is 22.4. The van der Waals surface area contributed by atoms with Crippen molar-refractivity contribution >= 4 is 15.9 Å². The summed E-state index contributed by atoms with van der Waals surface area (Å²) in [6, 6.07) is 9.41. The third-order valence-corrected chi connectivity index (χ3v) is 8.37. The number of likely N-dealkylation sites (N-methyl/N-ethyl adjacent to an activating group) is 1. The van der Waals surface area contributed by atoms with Crippen LogP contribution < -0.4 is 4.74 Å². The average molecular weight is 498 g/mol. The maximum Gasteiger partial charge on any atom is 0.272 e. The van der Waals surface area contributed by atoms with Crippen LogP contribution in [0.4, 0.5) is 0 Å². The van der Waals surface area contributed by atoms with Crippen molar-refractivity contribution in [1.82, 2.24) is 14.2 Å². The van der Waals surface area contributed by atoms with E-state index in [1.54, 1.807) is 50.5 Å². The second kappa shape index (κ2) is 10.4. The predicted molar refractivity (Wildman–Crippen MR) is 131 cm³/mol. The SMILES string of the molecule is C[C@H](CO)N1C[C@H](C)[C@H](CN(C)C(=O)c2ccccn2)Oc2cc(C#CC3CC3)ccc2S1(=O)=O. The Hall–Kier alpha value is -2.93. The first-order valence-corrected chi connectivity index (χ1v) is 13.3. The molecule has 9 heteroatoms. The number of aliphatic hydroxyl groups is 1. The molecule has 8 nitrogen and oxygen atoms in total. The second-order valence-electron chi connectivity index (χ2n) is 9.35. The Balaban J connectivity index is 1.69. The Bertz CT molecular complexity index is 1230. The molecular formula is C26H31N3O5S. The van der Waals surface area contributed by atoms with Gasteiger partial charge in [-0.15, -0.1) is 0 Å². The van der Waals surface area contributed by atoms with Crippen molar-refractivity contribution < 1.29 is 23.1 Å². The van der Waals surface area contributed by atoms with Crippen molar-refractivity contribution in [2.24, 2.45) is 11.8 Å². The number of hydrogen-bond donors (Lipinski definition) is 1. The highest BCUT2D eigenvalue weighted by molar-refractivity contribution is 7.89. The molecule has 1 fully saturated rings. The number of aromatic nitrogens is 1. The topological polar surface area (TPSA) is 100 Å². The van der Waals surface area contributed by atoms with Gasteiger partial charge in [0.15, 0.2) is 0 Å². The van der Waals surface area contributed by atoms with Gasteiger partial charge in [-0.2, -0.15) is 4.31 Å². The fraction of sp³-hybridized carbons (Fsp3) is 0.462. The Kier molecular flexibility index (Phi) is 7.45. The number of ether oxygens (including phenoxy) is 1. The molecule has 35 heavy (non-hydrogen) atoms. The number of fused-ring (bicyclic) bond motifs is 1. The van der Waals surface area contributed by atoms with Gasteiger partial charge in [0.05, 0.1) is 13.2 Å². The molecule has 1 aliphatic carbocycles. The molecule has 1 aromatic carbocycles. The average Bonchev–Trinajstić information content (AvgIpc) is 3.69. The van der Waals surface area contributed by atoms with Crippen molar-refractivity contribution in [3.05, 3.63) is 53.9 Å². The monoisotopic (exact) mass is 497 g/mol. The fourth-order valence-electron chi connectivity index (χ4n) is 3.97. The van der Waals surface area contributed by atoms with E-state index in [2.05, 4.69) is 16.8 Å². The minimum absolute atomic E-state index is 0.0328. The number of aliphatic hydroxyl groups excluding tert-OH is 1. The molecule has 186 valence electrons. The van der Waals surface area contributed by atoms with Crippen LogP contribution in [0.2, 0.25) is 0 Å². The number of rotatable bonds is 5. The molecule has 2 aromatic rings. The minimum atomic E-state index is -3.92. The van der Waals surface area contributed by atoms with Crippen LogP contribution in [0, 0.1) is 23.7 Å². The van der Waals surface area contributed by atoms with Crippen LogP contribution in [-0.4, -0.2) is 72.5 Å². The summed E-state index contributed by atoms with van der Waals surface area (Å²) in [4.78, 5) is 18.6. The molecule has 0 spiro atoms. The van der Waals surface area contributed by atoms with Gasteiger partial charge >= 0.3 is 0 Å². The van der Waals surface area contributed by atoms with Crippen molar-refractivity contribution in [3.8, 4) is 17.6 Å². The minimum Gasteiger partial charge on any atom is -0.487 e. The smallest absolute Gasteiger partial charge is 0.272 e. The lowest BCUT2D eigenvalue weighted by Crippen LogP contribution is -2.50. The van der Waals surface area contributed by atoms with E-state index in [1.165, 1.54) is 15.3 Å². The van der Waals surface area contributed by atoms with Gasteiger partial charge in [0.2, 0.25) is 10.0 Å². The van der Waals surface area contributed by atoms with Crippen LogP contribution >= 0.6 is 0 Å². The van der Waals surface area contributed by atoms with Crippen LogP contribution in [0.3, 0.4) is 0 Å². The van der Waals surface area contributed by atoms with Gasteiger partial charge < -0.3 is 14.7 Å². The first-order chi connectivity index (χ1) is 16.7. The second-order valence-corrected chi connectivity index (χ2v) is 11.2. The Morgan fingerprint density at radius 3 is 2.74 bits per heavy atom. The van der Waals surface area contributed by atoms with Gasteiger partial charge in [-0.1, -0.05) is 24.8 Å². The van der Waals surface area contributed by atoms with Crippen molar-refractivity contribution in [2.45, 2.75) is 43.7 Å². The lowest BCUT2D eigenvalue weighted by Gasteiger charge is -2.37. The molecule has 1 amide bonds. The van der Waals surface area contributed by atoms with Gasteiger partial charge in [0.25, 0.3) is 5.91 Å². The highest BCUT2D eigenvalue weighted by Crippen LogP contribution is 2.34. The van der Waals surface area contributed by atoms with Gasteiger partial charge in [0, 0.05) is 43.2 Å². The predicted octanol–water partition coefficient (Wildman–Crippen LogP) is 2.38. The standard InChI is InChI=1S/C26H31N3O5S/c1-18-15-29(19(2)17-30)35(32,33)25-12-11-21(10-9-20-7-8-20)14-23(25)34-24(18)16-28(3)26(31)22-6-4-5-13-27-22/h4-6,11-14,18-20,24,30H,7-8,15-17H2,1-3H3/t18-,19+,24-/m0/s1. The summed E-state index contributed by atoms with van der Waals surface area (Å²) in [5.74, 6) is 6.40. The fourth-order valence-corrected chi connectivity index (χ4v) is 5.80. The zero-order valence-corrected chi connectivity index (χ0v) is 21.0. The molecule has 0 bridgehead atoms. The van der Waals surface area contributed by atoms with Gasteiger partial charge in [0.1, 0.15) is 22.4 Å². The van der Waals surface area contributed by atoms with E-state index in [-0.39, 0.29) is 42.2 Å². The maximum atomic E-state index is 13.6. The number of sulfonamides is 1. The molecule has 4 rings (SSSR count). The zero-order chi connectivity index (χ0) is 25.2. The summed E-state index contributed by atoms with van der Waals surface area (Å²) < 4.78 is 34.8. The summed E-state index contributed by atoms with van der Waals surface area (Å²) in [6.45, 7) is 3.62. The first kappa shape index (κ1) is 25.2. The van der Waals surface area contributed by atoms with E-state index in [1.807, 2.05) is 6.92 Å². The largest absolute Gasteiger partial charge is 0.487 e. The summed E-state index contributed by atoms with van der Waals surface area (Å²) in [6.07, 6.45) is 3.25. The number of pyridine rings is 1. The first-order valence-electron chi connectivity index (χ1n) is 11.8. The van der Waals surface area contributed by atoms with E-state index in [0.717, 1.165) is 12.8 Å². The number of carbonyl (C=O) groups is 1. The third kappa shape index (κ3) is 5.67. The van der Waals surface area contributed by atoms with Gasteiger partial charge in [-0.25, -0.2) is 8.42 Å². The van der Waals surface area contributed by atoms with Crippen LogP contribution in [0.25, 0.3) is 0 Å². The van der Waals surface area contributed by atoms with Crippen LogP contribution in [0.1, 0.15) is 42.7 Å². The Morgan fingerprint density at radius 1 is 1.31 bits per heavy atom. The van der Waals surface area contributed by atoms with Crippen molar-refractivity contribution in [2.75, 3.05) is 26.7 Å². The molecule has 1 N–H and O–H groups in total. The molecule has 0 unspecified atom stereocenters. The maximum absolute atomic E-state index is 13.6. The lowest BCUT2D eigenvalue weighted by atomic mass is 10.0. The number of nitrogens with zero attached hydrogens (tertiary/aromatic N) is 3. The van der Waals surface area contributed by atoms with Crippen LogP contribution in [0.15, 0.2) is 47.5 Å². The zero-order valence-electron chi connectivity index (χ0n) is 20.2. The lowest BCUT2D eigenvalue weighted by molar-refractivity contribution is 0.0559. The molecule has 1 saturated carbocycles. The number of benzene rings is 1. The summed E-state index contributed by atoms with van der Waals surface area (Å²) in [7, 11) is -2.25. The van der Waals surface area contributed by atoms with E-state index in [0.29, 0.717) is 17.2 Å².